The van der Waals surface area contributed by atoms with E-state index in [4.69, 9.17) is 9.15 Å². The van der Waals surface area contributed by atoms with Crippen LogP contribution in [0.3, 0.4) is 0 Å². The number of rotatable bonds is 4. The summed E-state index contributed by atoms with van der Waals surface area (Å²) in [7, 11) is 1.93. The van der Waals surface area contributed by atoms with Gasteiger partial charge in [-0.3, -0.25) is 0 Å². The van der Waals surface area contributed by atoms with Crippen molar-refractivity contribution in [3.8, 4) is 11.5 Å². The molecule has 5 nitrogen and oxygen atoms in total. The van der Waals surface area contributed by atoms with Crippen LogP contribution in [0, 0.1) is 0 Å². The minimum absolute atomic E-state index is 0.380. The van der Waals surface area contributed by atoms with Gasteiger partial charge in [-0.05, 0) is 24.3 Å². The monoisotopic (exact) mass is 350 g/mol. The molecule has 0 spiro atoms. The fraction of sp³-hybridized carbons (Fsp3) is 0.0526. The van der Waals surface area contributed by atoms with Crippen molar-refractivity contribution in [3.63, 3.8) is 0 Å². The third kappa shape index (κ3) is 2.88. The van der Waals surface area contributed by atoms with Crippen molar-refractivity contribution in [2.75, 3.05) is 11.9 Å². The summed E-state index contributed by atoms with van der Waals surface area (Å²) in [4.78, 5) is 18.0. The molecule has 2 heterocycles. The number of nitrogens with zero attached hydrogens (tertiary/aromatic N) is 2. The molecule has 0 aliphatic rings. The molecule has 0 unspecified atom stereocenters. The maximum Gasteiger partial charge on any atom is 0.347 e. The SMILES string of the molecule is CN(c1ccccc1Oc1ccccc1)c1scc2c(=O)ocnc12. The van der Waals surface area contributed by atoms with Crippen LogP contribution in [0.5, 0.6) is 11.5 Å². The van der Waals surface area contributed by atoms with Gasteiger partial charge in [0.25, 0.3) is 0 Å². The number of fused-ring (bicyclic) bond motifs is 1. The van der Waals surface area contributed by atoms with E-state index in [2.05, 4.69) is 4.98 Å². The first-order chi connectivity index (χ1) is 12.2. The van der Waals surface area contributed by atoms with Crippen molar-refractivity contribution < 1.29 is 9.15 Å². The lowest BCUT2D eigenvalue weighted by Crippen LogP contribution is -2.10. The second-order valence-corrected chi connectivity index (χ2v) is 6.24. The molecule has 0 saturated heterocycles. The van der Waals surface area contributed by atoms with E-state index in [1.807, 2.05) is 66.5 Å². The van der Waals surface area contributed by atoms with Crippen molar-refractivity contribution >= 4 is 32.9 Å². The van der Waals surface area contributed by atoms with Crippen LogP contribution in [-0.4, -0.2) is 12.0 Å². The molecule has 25 heavy (non-hydrogen) atoms. The van der Waals surface area contributed by atoms with Crippen molar-refractivity contribution in [1.29, 1.82) is 0 Å². The quantitative estimate of drug-likeness (QED) is 0.529. The first-order valence-corrected chi connectivity index (χ1v) is 8.52. The van der Waals surface area contributed by atoms with Crippen molar-refractivity contribution in [1.82, 2.24) is 4.98 Å². The normalized spacial score (nSPS) is 10.8. The molecule has 0 fully saturated rings. The number of benzene rings is 2. The topological polar surface area (TPSA) is 55.6 Å². The van der Waals surface area contributed by atoms with Crippen LogP contribution in [0.1, 0.15) is 0 Å². The Hall–Kier alpha value is -3.12. The molecular weight excluding hydrogens is 336 g/mol. The van der Waals surface area contributed by atoms with Gasteiger partial charge in [0.05, 0.1) is 11.1 Å². The molecule has 0 atom stereocenters. The molecule has 2 aromatic carbocycles. The third-order valence-electron chi connectivity index (χ3n) is 3.81. The van der Waals surface area contributed by atoms with Gasteiger partial charge in [-0.25, -0.2) is 9.78 Å². The van der Waals surface area contributed by atoms with E-state index in [1.54, 1.807) is 5.38 Å². The Labute approximate surface area is 147 Å². The Bertz CT molecular complexity index is 1070. The van der Waals surface area contributed by atoms with Crippen LogP contribution in [-0.2, 0) is 0 Å². The second-order valence-electron chi connectivity index (χ2n) is 5.38. The number of thiophene rings is 1. The predicted molar refractivity (Wildman–Crippen MR) is 99.2 cm³/mol. The number of aromatic nitrogens is 1. The highest BCUT2D eigenvalue weighted by atomic mass is 32.1. The minimum Gasteiger partial charge on any atom is -0.455 e. The van der Waals surface area contributed by atoms with Gasteiger partial charge in [-0.2, -0.15) is 0 Å². The molecule has 0 aliphatic heterocycles. The molecule has 0 bridgehead atoms. The molecule has 124 valence electrons. The number of ether oxygens (including phenoxy) is 1. The van der Waals surface area contributed by atoms with Gasteiger partial charge in [0, 0.05) is 12.4 Å². The summed E-state index contributed by atoms with van der Waals surface area (Å²) in [5, 5.41) is 3.10. The van der Waals surface area contributed by atoms with Crippen LogP contribution >= 0.6 is 11.3 Å². The maximum absolute atomic E-state index is 11.8. The highest BCUT2D eigenvalue weighted by Gasteiger charge is 2.17. The molecule has 2 aromatic heterocycles. The first-order valence-electron chi connectivity index (χ1n) is 7.64. The zero-order valence-electron chi connectivity index (χ0n) is 13.4. The Kier molecular flexibility index (Phi) is 3.95. The van der Waals surface area contributed by atoms with E-state index in [0.29, 0.717) is 10.9 Å². The molecule has 0 radical (unpaired) electrons. The fourth-order valence-corrected chi connectivity index (χ4v) is 3.55. The summed E-state index contributed by atoms with van der Waals surface area (Å²) in [5.74, 6) is 1.49. The summed E-state index contributed by atoms with van der Waals surface area (Å²) in [6.07, 6.45) is 1.18. The molecular formula is C19H14N2O3S. The predicted octanol–water partition coefficient (Wildman–Crippen LogP) is 4.81. The van der Waals surface area contributed by atoms with Crippen molar-refractivity contribution in [3.05, 3.63) is 76.8 Å². The largest absolute Gasteiger partial charge is 0.455 e. The zero-order valence-corrected chi connectivity index (χ0v) is 14.2. The second kappa shape index (κ2) is 6.41. The summed E-state index contributed by atoms with van der Waals surface area (Å²) in [6, 6.07) is 17.4. The van der Waals surface area contributed by atoms with E-state index in [-0.39, 0.29) is 5.63 Å². The maximum atomic E-state index is 11.8. The minimum atomic E-state index is -0.380. The van der Waals surface area contributed by atoms with Crippen LogP contribution in [0.15, 0.2) is 75.6 Å². The average Bonchev–Trinajstić information content (AvgIpc) is 3.08. The van der Waals surface area contributed by atoms with Gasteiger partial charge in [-0.1, -0.05) is 30.3 Å². The lowest BCUT2D eigenvalue weighted by molar-refractivity contribution is 0.483. The molecule has 0 saturated carbocycles. The van der Waals surface area contributed by atoms with Crippen LogP contribution in [0.25, 0.3) is 10.9 Å². The lowest BCUT2D eigenvalue weighted by Gasteiger charge is -2.21. The molecule has 6 heteroatoms. The van der Waals surface area contributed by atoms with E-state index in [0.717, 1.165) is 22.2 Å². The third-order valence-corrected chi connectivity index (χ3v) is 4.85. The van der Waals surface area contributed by atoms with Crippen LogP contribution < -0.4 is 15.3 Å². The number of para-hydroxylation sites is 3. The van der Waals surface area contributed by atoms with Crippen LogP contribution in [0.4, 0.5) is 10.7 Å². The summed E-state index contributed by atoms with van der Waals surface area (Å²) in [5.41, 5.74) is 1.12. The fourth-order valence-electron chi connectivity index (χ4n) is 2.58. The Morgan fingerprint density at radius 1 is 1.08 bits per heavy atom. The average molecular weight is 350 g/mol. The van der Waals surface area contributed by atoms with Gasteiger partial charge >= 0.3 is 5.63 Å². The van der Waals surface area contributed by atoms with Gasteiger partial charge in [0.15, 0.2) is 12.1 Å². The van der Waals surface area contributed by atoms with Crippen molar-refractivity contribution in [2.24, 2.45) is 0 Å². The summed E-state index contributed by atoms with van der Waals surface area (Å²) in [6.45, 7) is 0. The van der Waals surface area contributed by atoms with E-state index in [9.17, 15) is 4.79 Å². The van der Waals surface area contributed by atoms with Crippen molar-refractivity contribution in [2.45, 2.75) is 0 Å². The van der Waals surface area contributed by atoms with E-state index >= 15 is 0 Å². The van der Waals surface area contributed by atoms with Gasteiger partial charge < -0.3 is 14.1 Å². The number of anilines is 2. The molecule has 0 N–H and O–H groups in total. The number of hydrogen-bond acceptors (Lipinski definition) is 6. The molecule has 0 amide bonds. The van der Waals surface area contributed by atoms with E-state index < -0.39 is 0 Å². The van der Waals surface area contributed by atoms with Gasteiger partial charge in [0.1, 0.15) is 16.3 Å². The molecule has 4 aromatic rings. The molecule has 0 aliphatic carbocycles. The van der Waals surface area contributed by atoms with Gasteiger partial charge in [0.2, 0.25) is 0 Å². The summed E-state index contributed by atoms with van der Waals surface area (Å²) < 4.78 is 10.9. The number of hydrogen-bond donors (Lipinski definition) is 0. The highest BCUT2D eigenvalue weighted by Crippen LogP contribution is 2.39. The Morgan fingerprint density at radius 2 is 1.84 bits per heavy atom. The smallest absolute Gasteiger partial charge is 0.347 e. The highest BCUT2D eigenvalue weighted by molar-refractivity contribution is 7.16. The standard InChI is InChI=1S/C19H14N2O3S/c1-21(18-17-14(11-25-18)19(22)23-12-20-17)15-9-5-6-10-16(15)24-13-7-3-2-4-8-13/h2-12H,1H3. The summed E-state index contributed by atoms with van der Waals surface area (Å²) >= 11 is 1.44. The van der Waals surface area contributed by atoms with E-state index in [1.165, 1.54) is 17.7 Å². The lowest BCUT2D eigenvalue weighted by atomic mass is 10.2. The Balaban J connectivity index is 1.76. The first kappa shape index (κ1) is 15.4. The Morgan fingerprint density at radius 3 is 2.68 bits per heavy atom. The van der Waals surface area contributed by atoms with Gasteiger partial charge in [-0.15, -0.1) is 11.3 Å². The van der Waals surface area contributed by atoms with Crippen LogP contribution in [0.2, 0.25) is 0 Å². The zero-order chi connectivity index (χ0) is 17.2. The molecule has 4 rings (SSSR count).